The fraction of sp³-hybridized carbons (Fsp3) is 0.233. The first-order valence-electron chi connectivity index (χ1n) is 17.7. The zero-order chi connectivity index (χ0) is 39.7. The molecule has 6 rings (SSSR count). The van der Waals surface area contributed by atoms with Gasteiger partial charge in [-0.3, -0.25) is 24.3 Å². The lowest BCUT2D eigenvalue weighted by Gasteiger charge is -2.31. The molecular weight excluding hydrogens is 700 g/mol. The van der Waals surface area contributed by atoms with Gasteiger partial charge in [0.2, 0.25) is 0 Å². The summed E-state index contributed by atoms with van der Waals surface area (Å²) in [5.74, 6) is -2.83. The van der Waals surface area contributed by atoms with E-state index in [1.165, 1.54) is 29.1 Å². The number of urea groups is 1. The summed E-state index contributed by atoms with van der Waals surface area (Å²) in [4.78, 5) is 70.0. The molecule has 1 saturated heterocycles. The Kier molecular flexibility index (Phi) is 10.4. The van der Waals surface area contributed by atoms with Gasteiger partial charge in [-0.1, -0.05) is 72.8 Å². The maximum atomic E-state index is 14.4. The number of ether oxygens (including phenoxy) is 2. The van der Waals surface area contributed by atoms with E-state index in [1.807, 2.05) is 25.1 Å². The molecule has 55 heavy (non-hydrogen) atoms. The molecule has 0 spiro atoms. The summed E-state index contributed by atoms with van der Waals surface area (Å²) in [6.07, 6.45) is 0. The van der Waals surface area contributed by atoms with Crippen LogP contribution >= 0.6 is 0 Å². The van der Waals surface area contributed by atoms with E-state index in [2.05, 4.69) is 5.32 Å². The molecule has 0 aromatic heterocycles. The fourth-order valence-corrected chi connectivity index (χ4v) is 6.21. The van der Waals surface area contributed by atoms with E-state index >= 15 is 0 Å². The third-order valence-corrected chi connectivity index (χ3v) is 9.41. The van der Waals surface area contributed by atoms with Crippen LogP contribution < -0.4 is 20.0 Å². The normalized spacial score (nSPS) is 15.5. The number of carbonyl (C=O) groups is 5. The van der Waals surface area contributed by atoms with E-state index in [-0.39, 0.29) is 46.9 Å². The van der Waals surface area contributed by atoms with Crippen molar-refractivity contribution in [3.05, 3.63) is 126 Å². The van der Waals surface area contributed by atoms with Crippen LogP contribution in [0.2, 0.25) is 0 Å². The van der Waals surface area contributed by atoms with Gasteiger partial charge < -0.3 is 19.9 Å². The molecule has 4 amide bonds. The van der Waals surface area contributed by atoms with E-state index in [0.717, 1.165) is 10.6 Å². The number of hydrogen-bond acceptors (Lipinski definition) is 9. The molecule has 5 aromatic carbocycles. The second-order valence-corrected chi connectivity index (χ2v) is 14.7. The van der Waals surface area contributed by atoms with Gasteiger partial charge in [0, 0.05) is 23.5 Å². The second-order valence-electron chi connectivity index (χ2n) is 14.7. The molecule has 1 aliphatic rings. The molecule has 1 aliphatic heterocycles. The van der Waals surface area contributed by atoms with Crippen molar-refractivity contribution in [2.45, 2.75) is 34.6 Å². The van der Waals surface area contributed by atoms with Crippen molar-refractivity contribution in [1.82, 2.24) is 5.01 Å². The Morgan fingerprint density at radius 3 is 2.16 bits per heavy atom. The standard InChI is InChI=1S/C43H42N4O8/c1-27-16-10-14-22-33(27)44-37(49)32-24-35(29-19-11-12-20-30(29)36(32)48)55-38(50)31-21-13-15-23-34(31)45(6)41(53)47-39(51)43(5,26-54-40(52)42(2,3)4)25-46(47)28-17-8-7-9-18-28/h7-24,48H,25-26H2,1-6H3,(H,44,49). The number of aromatic hydroxyl groups is 1. The number of phenols is 1. The van der Waals surface area contributed by atoms with Crippen molar-refractivity contribution >= 4 is 57.6 Å². The Labute approximate surface area is 318 Å². The topological polar surface area (TPSA) is 146 Å². The summed E-state index contributed by atoms with van der Waals surface area (Å²) in [5, 5.41) is 17.2. The van der Waals surface area contributed by atoms with Gasteiger partial charge in [-0.15, -0.1) is 0 Å². The summed E-state index contributed by atoms with van der Waals surface area (Å²) in [7, 11) is 1.43. The number of carbonyl (C=O) groups excluding carboxylic acids is 5. The second kappa shape index (κ2) is 15.0. The minimum Gasteiger partial charge on any atom is -0.506 e. The summed E-state index contributed by atoms with van der Waals surface area (Å²) < 4.78 is 11.5. The van der Waals surface area contributed by atoms with E-state index < -0.39 is 40.6 Å². The zero-order valence-electron chi connectivity index (χ0n) is 31.5. The van der Waals surface area contributed by atoms with Gasteiger partial charge in [-0.05, 0) is 76.6 Å². The van der Waals surface area contributed by atoms with Crippen molar-refractivity contribution in [3.8, 4) is 11.5 Å². The molecule has 1 heterocycles. The number of fused-ring (bicyclic) bond motifs is 1. The highest BCUT2D eigenvalue weighted by atomic mass is 16.5. The van der Waals surface area contributed by atoms with Gasteiger partial charge >= 0.3 is 18.0 Å². The third-order valence-electron chi connectivity index (χ3n) is 9.41. The molecule has 1 unspecified atom stereocenters. The first-order chi connectivity index (χ1) is 26.1. The minimum absolute atomic E-state index is 0.00246. The number of para-hydroxylation sites is 3. The van der Waals surface area contributed by atoms with Crippen LogP contribution in [0.1, 0.15) is 54.0 Å². The molecule has 0 radical (unpaired) electrons. The molecule has 5 aromatic rings. The first kappa shape index (κ1) is 38.0. The van der Waals surface area contributed by atoms with Crippen molar-refractivity contribution in [2.75, 3.05) is 35.4 Å². The number of esters is 2. The Morgan fingerprint density at radius 1 is 0.855 bits per heavy atom. The number of amides is 4. The lowest BCUT2D eigenvalue weighted by Crippen LogP contribution is -2.50. The first-order valence-corrected chi connectivity index (χ1v) is 17.7. The number of hydrogen-bond donors (Lipinski definition) is 2. The van der Waals surface area contributed by atoms with Crippen LogP contribution in [-0.2, 0) is 14.3 Å². The lowest BCUT2D eigenvalue weighted by atomic mass is 9.91. The van der Waals surface area contributed by atoms with Crippen LogP contribution in [0.15, 0.2) is 109 Å². The highest BCUT2D eigenvalue weighted by Gasteiger charge is 2.52. The Bertz CT molecular complexity index is 2320. The van der Waals surface area contributed by atoms with Crippen molar-refractivity contribution in [1.29, 1.82) is 0 Å². The molecule has 2 N–H and O–H groups in total. The Balaban J connectivity index is 1.31. The number of aryl methyl sites for hydroxylation is 1. The molecule has 12 heteroatoms. The minimum atomic E-state index is -1.28. The van der Waals surface area contributed by atoms with E-state index in [4.69, 9.17) is 9.47 Å². The largest absolute Gasteiger partial charge is 0.506 e. The molecule has 0 bridgehead atoms. The van der Waals surface area contributed by atoms with Crippen LogP contribution in [0.4, 0.5) is 21.9 Å². The lowest BCUT2D eigenvalue weighted by molar-refractivity contribution is -0.157. The predicted octanol–water partition coefficient (Wildman–Crippen LogP) is 7.74. The van der Waals surface area contributed by atoms with Gasteiger partial charge in [-0.25, -0.2) is 9.59 Å². The van der Waals surface area contributed by atoms with Crippen molar-refractivity contribution in [3.63, 3.8) is 0 Å². The maximum Gasteiger partial charge on any atom is 0.350 e. The summed E-state index contributed by atoms with van der Waals surface area (Å²) in [6.45, 7) is 8.39. The maximum absolute atomic E-state index is 14.4. The zero-order valence-corrected chi connectivity index (χ0v) is 31.5. The SMILES string of the molecule is Cc1ccccc1NC(=O)c1cc(OC(=O)c2ccccc2N(C)C(=O)N2C(=O)C(C)(COC(=O)C(C)(C)C)CN2c2ccccc2)c2ccccc2c1O. The van der Waals surface area contributed by atoms with Crippen molar-refractivity contribution < 1.29 is 38.6 Å². The van der Waals surface area contributed by atoms with Gasteiger partial charge in [0.1, 0.15) is 23.5 Å². The highest BCUT2D eigenvalue weighted by molar-refractivity contribution is 6.13. The average molecular weight is 743 g/mol. The van der Waals surface area contributed by atoms with E-state index in [9.17, 15) is 29.1 Å². The number of anilines is 3. The number of nitrogens with one attached hydrogen (secondary N) is 1. The molecule has 0 saturated carbocycles. The average Bonchev–Trinajstić information content (AvgIpc) is 3.44. The number of phenolic OH excluding ortho intramolecular Hbond substituents is 1. The van der Waals surface area contributed by atoms with Crippen LogP contribution in [0.5, 0.6) is 11.5 Å². The van der Waals surface area contributed by atoms with Crippen LogP contribution in [0, 0.1) is 17.8 Å². The monoisotopic (exact) mass is 742 g/mol. The smallest absolute Gasteiger partial charge is 0.350 e. The summed E-state index contributed by atoms with van der Waals surface area (Å²) in [5.41, 5.74) is -0.162. The van der Waals surface area contributed by atoms with Crippen molar-refractivity contribution in [2.24, 2.45) is 10.8 Å². The van der Waals surface area contributed by atoms with Gasteiger partial charge in [0.15, 0.2) is 0 Å². The third kappa shape index (κ3) is 7.56. The van der Waals surface area contributed by atoms with Gasteiger partial charge in [-0.2, -0.15) is 5.01 Å². The predicted molar refractivity (Wildman–Crippen MR) is 209 cm³/mol. The van der Waals surface area contributed by atoms with Crippen LogP contribution in [0.25, 0.3) is 10.8 Å². The number of imide groups is 1. The van der Waals surface area contributed by atoms with E-state index in [1.54, 1.807) is 107 Å². The summed E-state index contributed by atoms with van der Waals surface area (Å²) >= 11 is 0. The Morgan fingerprint density at radius 2 is 1.47 bits per heavy atom. The van der Waals surface area contributed by atoms with Gasteiger partial charge in [0.05, 0.1) is 34.5 Å². The van der Waals surface area contributed by atoms with Gasteiger partial charge in [0.25, 0.3) is 11.8 Å². The highest BCUT2D eigenvalue weighted by Crippen LogP contribution is 2.39. The number of benzene rings is 5. The number of hydrazine groups is 1. The number of rotatable bonds is 8. The number of nitrogens with zero attached hydrogens (tertiary/aromatic N) is 3. The Hall–Kier alpha value is -6.69. The van der Waals surface area contributed by atoms with E-state index in [0.29, 0.717) is 16.8 Å². The fourth-order valence-electron chi connectivity index (χ4n) is 6.21. The quantitative estimate of drug-likeness (QED) is 0.120. The summed E-state index contributed by atoms with van der Waals surface area (Å²) in [6, 6.07) is 29.5. The molecule has 0 aliphatic carbocycles. The van der Waals surface area contributed by atoms with Crippen LogP contribution in [-0.4, -0.2) is 60.1 Å². The molecule has 1 atom stereocenters. The molecule has 1 fully saturated rings. The molecule has 12 nitrogen and oxygen atoms in total. The molecular formula is C43H42N4O8. The van der Waals surface area contributed by atoms with Crippen LogP contribution in [0.3, 0.4) is 0 Å². The molecule has 282 valence electrons.